The molecule has 2 aromatic carbocycles. The maximum Gasteiger partial charge on any atom is 0.255 e. The number of benzene rings is 2. The molecule has 144 valence electrons. The minimum absolute atomic E-state index is 0.156. The van der Waals surface area contributed by atoms with Crippen molar-refractivity contribution in [2.45, 2.75) is 32.4 Å². The fourth-order valence-corrected chi connectivity index (χ4v) is 3.58. The Balaban J connectivity index is 1.68. The summed E-state index contributed by atoms with van der Waals surface area (Å²) in [5.74, 6) is 0.857. The zero-order chi connectivity index (χ0) is 19.4. The number of amides is 1. The van der Waals surface area contributed by atoms with Crippen molar-refractivity contribution in [3.05, 3.63) is 59.2 Å². The van der Waals surface area contributed by atoms with Gasteiger partial charge in [-0.2, -0.15) is 0 Å². The number of hydrogen-bond donors (Lipinski definition) is 1. The molecule has 0 atom stereocenters. The van der Waals surface area contributed by atoms with Gasteiger partial charge in [-0.3, -0.25) is 9.69 Å². The first kappa shape index (κ1) is 19.2. The normalized spacial score (nSPS) is 14.4. The van der Waals surface area contributed by atoms with Gasteiger partial charge in [-0.25, -0.2) is 0 Å². The lowest BCUT2D eigenvalue weighted by molar-refractivity contribution is 0.0823. The molecule has 5 heteroatoms. The van der Waals surface area contributed by atoms with E-state index in [1.54, 1.807) is 32.4 Å². The van der Waals surface area contributed by atoms with E-state index in [2.05, 4.69) is 48.3 Å². The van der Waals surface area contributed by atoms with Gasteiger partial charge in [0.2, 0.25) is 0 Å². The van der Waals surface area contributed by atoms with E-state index in [-0.39, 0.29) is 11.4 Å². The first-order valence-electron chi connectivity index (χ1n) is 9.27. The Labute approximate surface area is 161 Å². The Morgan fingerprint density at radius 3 is 2.52 bits per heavy atom. The van der Waals surface area contributed by atoms with Crippen molar-refractivity contribution in [3.63, 3.8) is 0 Å². The van der Waals surface area contributed by atoms with Gasteiger partial charge in [0.1, 0.15) is 0 Å². The number of methoxy groups -OCH3 is 2. The summed E-state index contributed by atoms with van der Waals surface area (Å²) >= 11 is 0. The van der Waals surface area contributed by atoms with Crippen LogP contribution in [0.4, 0.5) is 0 Å². The van der Waals surface area contributed by atoms with Crippen LogP contribution in [-0.2, 0) is 13.0 Å². The largest absolute Gasteiger partial charge is 0.493 e. The van der Waals surface area contributed by atoms with Crippen molar-refractivity contribution in [1.82, 2.24) is 10.2 Å². The zero-order valence-corrected chi connectivity index (χ0v) is 16.5. The second-order valence-electron chi connectivity index (χ2n) is 7.48. The van der Waals surface area contributed by atoms with Crippen molar-refractivity contribution in [2.24, 2.45) is 0 Å². The van der Waals surface area contributed by atoms with Crippen LogP contribution in [0.15, 0.2) is 42.5 Å². The molecule has 0 saturated carbocycles. The van der Waals surface area contributed by atoms with E-state index in [1.807, 2.05) is 0 Å². The lowest BCUT2D eigenvalue weighted by Crippen LogP contribution is -2.53. The highest BCUT2D eigenvalue weighted by molar-refractivity contribution is 5.97. The van der Waals surface area contributed by atoms with Crippen LogP contribution in [0.2, 0.25) is 0 Å². The van der Waals surface area contributed by atoms with Crippen LogP contribution >= 0.6 is 0 Å². The molecule has 2 aromatic rings. The molecule has 0 saturated heterocycles. The lowest BCUT2D eigenvalue weighted by atomic mass is 9.94. The number of carbonyl (C=O) groups is 1. The maximum atomic E-state index is 12.8. The number of rotatable bonds is 6. The summed E-state index contributed by atoms with van der Waals surface area (Å²) in [5, 5.41) is 3.07. The van der Waals surface area contributed by atoms with E-state index in [4.69, 9.17) is 9.47 Å². The maximum absolute atomic E-state index is 12.8. The summed E-state index contributed by atoms with van der Waals surface area (Å²) in [6.45, 7) is 6.78. The van der Waals surface area contributed by atoms with Crippen LogP contribution < -0.4 is 14.8 Å². The Bertz CT molecular complexity index is 817. The van der Waals surface area contributed by atoms with Gasteiger partial charge in [-0.05, 0) is 43.5 Å². The Morgan fingerprint density at radius 1 is 1.07 bits per heavy atom. The molecule has 0 unspecified atom stereocenters. The summed E-state index contributed by atoms with van der Waals surface area (Å²) in [7, 11) is 3.11. The third kappa shape index (κ3) is 4.08. The van der Waals surface area contributed by atoms with E-state index in [1.165, 1.54) is 11.1 Å². The molecule has 5 nitrogen and oxygen atoms in total. The number of hydrogen-bond acceptors (Lipinski definition) is 4. The van der Waals surface area contributed by atoms with Gasteiger partial charge in [0.05, 0.1) is 19.8 Å². The highest BCUT2D eigenvalue weighted by Gasteiger charge is 2.30. The minimum Gasteiger partial charge on any atom is -0.493 e. The molecular formula is C22H28N2O3. The molecule has 0 aliphatic carbocycles. The van der Waals surface area contributed by atoms with Gasteiger partial charge in [0.15, 0.2) is 11.5 Å². The summed E-state index contributed by atoms with van der Waals surface area (Å²) in [6.07, 6.45) is 1.04. The van der Waals surface area contributed by atoms with Gasteiger partial charge >= 0.3 is 0 Å². The van der Waals surface area contributed by atoms with Crippen molar-refractivity contribution in [3.8, 4) is 11.5 Å². The fourth-order valence-electron chi connectivity index (χ4n) is 3.58. The van der Waals surface area contributed by atoms with Crippen LogP contribution in [0.5, 0.6) is 11.5 Å². The van der Waals surface area contributed by atoms with E-state index in [9.17, 15) is 4.79 Å². The lowest BCUT2D eigenvalue weighted by Gasteiger charge is -2.41. The van der Waals surface area contributed by atoms with E-state index in [0.717, 1.165) is 19.5 Å². The molecule has 0 bridgehead atoms. The third-order valence-electron chi connectivity index (χ3n) is 5.32. The Morgan fingerprint density at radius 2 is 1.81 bits per heavy atom. The standard InChI is InChI=1S/C22H28N2O3/c1-22(2,24-13-12-16-8-5-6-9-17(16)14-24)15-23-21(25)18-10-7-11-19(26-3)20(18)27-4/h5-11H,12-15H2,1-4H3,(H,23,25). The van der Waals surface area contributed by atoms with Crippen molar-refractivity contribution < 1.29 is 14.3 Å². The predicted octanol–water partition coefficient (Wildman–Crippen LogP) is 3.27. The summed E-state index contributed by atoms with van der Waals surface area (Å²) < 4.78 is 10.7. The second-order valence-corrected chi connectivity index (χ2v) is 7.48. The number of carbonyl (C=O) groups excluding carboxylic acids is 1. The third-order valence-corrected chi connectivity index (χ3v) is 5.32. The first-order chi connectivity index (χ1) is 13.0. The molecule has 1 heterocycles. The van der Waals surface area contributed by atoms with E-state index in [0.29, 0.717) is 23.6 Å². The first-order valence-corrected chi connectivity index (χ1v) is 9.27. The number of fused-ring (bicyclic) bond motifs is 1. The van der Waals surface area contributed by atoms with Crippen molar-refractivity contribution in [2.75, 3.05) is 27.3 Å². The van der Waals surface area contributed by atoms with Crippen LogP contribution in [0.25, 0.3) is 0 Å². The van der Waals surface area contributed by atoms with Gasteiger partial charge < -0.3 is 14.8 Å². The molecule has 1 N–H and O–H groups in total. The summed E-state index contributed by atoms with van der Waals surface area (Å²) in [6, 6.07) is 13.9. The van der Waals surface area contributed by atoms with Crippen LogP contribution in [0.3, 0.4) is 0 Å². The SMILES string of the molecule is COc1cccc(C(=O)NCC(C)(C)N2CCc3ccccc3C2)c1OC. The predicted molar refractivity (Wildman–Crippen MR) is 107 cm³/mol. The number of ether oxygens (including phenoxy) is 2. The molecule has 0 radical (unpaired) electrons. The minimum atomic E-state index is -0.157. The highest BCUT2D eigenvalue weighted by Crippen LogP contribution is 2.31. The van der Waals surface area contributed by atoms with Crippen LogP contribution in [-0.4, -0.2) is 43.7 Å². The topological polar surface area (TPSA) is 50.8 Å². The van der Waals surface area contributed by atoms with Crippen molar-refractivity contribution in [1.29, 1.82) is 0 Å². The molecule has 0 aromatic heterocycles. The number of nitrogens with zero attached hydrogens (tertiary/aromatic N) is 1. The molecule has 1 aliphatic heterocycles. The van der Waals surface area contributed by atoms with Crippen molar-refractivity contribution >= 4 is 5.91 Å². The molecule has 1 aliphatic rings. The fraction of sp³-hybridized carbons (Fsp3) is 0.409. The van der Waals surface area contributed by atoms with Crippen LogP contribution in [0, 0.1) is 0 Å². The molecule has 3 rings (SSSR count). The molecule has 1 amide bonds. The zero-order valence-electron chi connectivity index (χ0n) is 16.5. The quantitative estimate of drug-likeness (QED) is 0.850. The van der Waals surface area contributed by atoms with Crippen LogP contribution in [0.1, 0.15) is 35.3 Å². The molecular weight excluding hydrogens is 340 g/mol. The monoisotopic (exact) mass is 368 g/mol. The second kappa shape index (κ2) is 8.01. The van der Waals surface area contributed by atoms with Gasteiger partial charge in [0.25, 0.3) is 5.91 Å². The van der Waals surface area contributed by atoms with Gasteiger partial charge in [0, 0.05) is 25.2 Å². The summed E-state index contributed by atoms with van der Waals surface area (Å²) in [5.41, 5.74) is 3.12. The molecule has 0 spiro atoms. The average molecular weight is 368 g/mol. The number of nitrogens with one attached hydrogen (secondary N) is 1. The Hall–Kier alpha value is -2.53. The van der Waals surface area contributed by atoms with E-state index < -0.39 is 0 Å². The van der Waals surface area contributed by atoms with Gasteiger partial charge in [-0.15, -0.1) is 0 Å². The average Bonchev–Trinajstić information content (AvgIpc) is 2.70. The molecule has 27 heavy (non-hydrogen) atoms. The Kier molecular flexibility index (Phi) is 5.71. The van der Waals surface area contributed by atoms with E-state index >= 15 is 0 Å². The smallest absolute Gasteiger partial charge is 0.255 e. The molecule has 0 fully saturated rings. The van der Waals surface area contributed by atoms with Gasteiger partial charge in [-0.1, -0.05) is 30.3 Å². The highest BCUT2D eigenvalue weighted by atomic mass is 16.5. The summed E-state index contributed by atoms with van der Waals surface area (Å²) in [4.78, 5) is 15.2. The number of para-hydroxylation sites is 1.